The van der Waals surface area contributed by atoms with Crippen LogP contribution in [0.1, 0.15) is 29.6 Å². The molecule has 2 aliphatic rings. The molecule has 3 rings (SSSR count). The third-order valence-corrected chi connectivity index (χ3v) is 4.52. The van der Waals surface area contributed by atoms with Crippen LogP contribution in [0.2, 0.25) is 0 Å². The molecule has 10 heteroatoms. The monoisotopic (exact) mass is 394 g/mol. The Balaban J connectivity index is 0.000000321. The third kappa shape index (κ3) is 5.38. The predicted octanol–water partition coefficient (Wildman–Crippen LogP) is 2.91. The first-order valence-electron chi connectivity index (χ1n) is 8.38. The number of carbonyl (C=O) groups excluding carboxylic acids is 1. The molecule has 1 aromatic rings. The summed E-state index contributed by atoms with van der Waals surface area (Å²) in [5.74, 6) is -5.15. The Morgan fingerprint density at radius 2 is 1.70 bits per heavy atom. The van der Waals surface area contributed by atoms with E-state index in [-0.39, 0.29) is 5.56 Å². The van der Waals surface area contributed by atoms with Crippen molar-refractivity contribution >= 4 is 11.9 Å². The third-order valence-electron chi connectivity index (χ3n) is 4.52. The van der Waals surface area contributed by atoms with Gasteiger partial charge in [0, 0.05) is 25.7 Å². The molecular formula is C17H19F5N2O3. The van der Waals surface area contributed by atoms with Gasteiger partial charge in [-0.05, 0) is 37.9 Å². The molecule has 0 aliphatic carbocycles. The normalized spacial score (nSPS) is 20.3. The number of aliphatic carboxylic acids is 1. The van der Waals surface area contributed by atoms with Crippen LogP contribution in [0.25, 0.3) is 0 Å². The molecule has 2 heterocycles. The molecule has 1 unspecified atom stereocenters. The van der Waals surface area contributed by atoms with Gasteiger partial charge in [0.05, 0.1) is 5.56 Å². The lowest BCUT2D eigenvalue weighted by Gasteiger charge is -2.25. The molecule has 1 amide bonds. The minimum Gasteiger partial charge on any atom is -0.475 e. The number of hydrogen-bond acceptors (Lipinski definition) is 3. The van der Waals surface area contributed by atoms with Gasteiger partial charge in [0.15, 0.2) is 11.6 Å². The van der Waals surface area contributed by atoms with Crippen molar-refractivity contribution in [3.8, 4) is 0 Å². The lowest BCUT2D eigenvalue weighted by Crippen LogP contribution is -2.40. The van der Waals surface area contributed by atoms with Crippen LogP contribution in [0, 0.1) is 11.6 Å². The molecule has 0 bridgehead atoms. The van der Waals surface area contributed by atoms with E-state index in [2.05, 4.69) is 4.90 Å². The zero-order valence-corrected chi connectivity index (χ0v) is 14.3. The van der Waals surface area contributed by atoms with Gasteiger partial charge in [-0.1, -0.05) is 6.07 Å². The van der Waals surface area contributed by atoms with Crippen molar-refractivity contribution in [3.63, 3.8) is 0 Å². The number of rotatable bonds is 1. The molecule has 2 saturated heterocycles. The number of hydrogen-bond donors (Lipinski definition) is 1. The Labute approximate surface area is 152 Å². The highest BCUT2D eigenvalue weighted by Gasteiger charge is 2.38. The van der Waals surface area contributed by atoms with Gasteiger partial charge in [0.1, 0.15) is 0 Å². The quantitative estimate of drug-likeness (QED) is 0.745. The van der Waals surface area contributed by atoms with Crippen LogP contribution in [-0.2, 0) is 4.79 Å². The standard InChI is InChI=1S/C15H18F2N2O.C2HF3O2/c16-13-6-1-5-12(14(13)17)15(20)19-9-3-8-18-7-2-4-11(18)10-19;3-2(4,5)1(6)7/h1,5-6,11H,2-4,7-10H2;(H,6,7). The first-order chi connectivity index (χ1) is 12.6. The highest BCUT2D eigenvalue weighted by atomic mass is 19.4. The van der Waals surface area contributed by atoms with Gasteiger partial charge in [-0.3, -0.25) is 9.69 Å². The van der Waals surface area contributed by atoms with E-state index in [0.29, 0.717) is 19.1 Å². The molecular weight excluding hydrogens is 375 g/mol. The van der Waals surface area contributed by atoms with E-state index in [1.54, 1.807) is 4.90 Å². The summed E-state index contributed by atoms with van der Waals surface area (Å²) in [5.41, 5.74) is -0.156. The molecule has 150 valence electrons. The van der Waals surface area contributed by atoms with Crippen molar-refractivity contribution < 1.29 is 36.6 Å². The van der Waals surface area contributed by atoms with Crippen LogP contribution in [0.4, 0.5) is 22.0 Å². The van der Waals surface area contributed by atoms with Gasteiger partial charge in [0.2, 0.25) is 0 Å². The summed E-state index contributed by atoms with van der Waals surface area (Å²) in [6.07, 6.45) is -1.96. The first-order valence-corrected chi connectivity index (χ1v) is 8.38. The molecule has 0 radical (unpaired) electrons. The van der Waals surface area contributed by atoms with Crippen molar-refractivity contribution in [1.29, 1.82) is 0 Å². The minimum atomic E-state index is -5.08. The van der Waals surface area contributed by atoms with Gasteiger partial charge < -0.3 is 10.0 Å². The number of fused-ring (bicyclic) bond motifs is 1. The summed E-state index contributed by atoms with van der Waals surface area (Å²) in [5, 5.41) is 7.12. The summed E-state index contributed by atoms with van der Waals surface area (Å²) in [6.45, 7) is 3.30. The van der Waals surface area contributed by atoms with E-state index in [4.69, 9.17) is 9.90 Å². The molecule has 1 N–H and O–H groups in total. The topological polar surface area (TPSA) is 60.9 Å². The van der Waals surface area contributed by atoms with Crippen LogP contribution in [0.3, 0.4) is 0 Å². The summed E-state index contributed by atoms with van der Waals surface area (Å²) >= 11 is 0. The molecule has 2 aliphatic heterocycles. The number of benzene rings is 1. The second-order valence-corrected chi connectivity index (χ2v) is 6.34. The predicted molar refractivity (Wildman–Crippen MR) is 85.2 cm³/mol. The van der Waals surface area contributed by atoms with Crippen LogP contribution in [0.15, 0.2) is 18.2 Å². The first kappa shape index (κ1) is 21.1. The van der Waals surface area contributed by atoms with Crippen molar-refractivity contribution in [2.24, 2.45) is 0 Å². The fourth-order valence-electron chi connectivity index (χ4n) is 3.23. The van der Waals surface area contributed by atoms with E-state index in [1.807, 2.05) is 0 Å². The van der Waals surface area contributed by atoms with Crippen molar-refractivity contribution in [3.05, 3.63) is 35.4 Å². The number of carboxylic acid groups (broad SMARTS) is 1. The van der Waals surface area contributed by atoms with Crippen LogP contribution < -0.4 is 0 Å². The SMILES string of the molecule is O=C(O)C(F)(F)F.O=C(c1cccc(F)c1F)N1CCCN2CCCC2C1. The number of amides is 1. The van der Waals surface area contributed by atoms with E-state index in [0.717, 1.165) is 38.4 Å². The maximum Gasteiger partial charge on any atom is 0.490 e. The number of nitrogens with zero attached hydrogens (tertiary/aromatic N) is 2. The average Bonchev–Trinajstić information content (AvgIpc) is 2.93. The van der Waals surface area contributed by atoms with Gasteiger partial charge >= 0.3 is 12.1 Å². The maximum absolute atomic E-state index is 13.7. The molecule has 5 nitrogen and oxygen atoms in total. The smallest absolute Gasteiger partial charge is 0.475 e. The number of carbonyl (C=O) groups is 2. The van der Waals surface area contributed by atoms with E-state index < -0.39 is 29.7 Å². The molecule has 0 aromatic heterocycles. The van der Waals surface area contributed by atoms with Crippen molar-refractivity contribution in [2.45, 2.75) is 31.5 Å². The van der Waals surface area contributed by atoms with E-state index in [9.17, 15) is 26.7 Å². The van der Waals surface area contributed by atoms with Crippen molar-refractivity contribution in [2.75, 3.05) is 26.2 Å². The van der Waals surface area contributed by atoms with Crippen molar-refractivity contribution in [1.82, 2.24) is 9.80 Å². The highest BCUT2D eigenvalue weighted by Crippen LogP contribution is 2.23. The Kier molecular flexibility index (Phi) is 6.74. The Bertz CT molecular complexity index is 696. The molecule has 27 heavy (non-hydrogen) atoms. The van der Waals surface area contributed by atoms with Crippen LogP contribution in [-0.4, -0.2) is 65.2 Å². The highest BCUT2D eigenvalue weighted by molar-refractivity contribution is 5.94. The summed E-state index contributed by atoms with van der Waals surface area (Å²) in [7, 11) is 0. The Hall–Kier alpha value is -2.23. The van der Waals surface area contributed by atoms with Gasteiger partial charge in [-0.15, -0.1) is 0 Å². The zero-order chi connectivity index (χ0) is 20.2. The fourth-order valence-corrected chi connectivity index (χ4v) is 3.23. The second kappa shape index (κ2) is 8.64. The molecule has 1 atom stereocenters. The summed E-state index contributed by atoms with van der Waals surface area (Å²) in [4.78, 5) is 25.4. The minimum absolute atomic E-state index is 0.156. The Morgan fingerprint density at radius 3 is 2.33 bits per heavy atom. The van der Waals surface area contributed by atoms with Crippen LogP contribution >= 0.6 is 0 Å². The number of halogens is 5. The van der Waals surface area contributed by atoms with E-state index in [1.165, 1.54) is 12.1 Å². The lowest BCUT2D eigenvalue weighted by molar-refractivity contribution is -0.192. The average molecular weight is 394 g/mol. The Morgan fingerprint density at radius 1 is 1.07 bits per heavy atom. The summed E-state index contributed by atoms with van der Waals surface area (Å²) in [6, 6.07) is 4.15. The van der Waals surface area contributed by atoms with Crippen LogP contribution in [0.5, 0.6) is 0 Å². The van der Waals surface area contributed by atoms with Gasteiger partial charge in [0.25, 0.3) is 5.91 Å². The molecule has 1 aromatic carbocycles. The zero-order valence-electron chi connectivity index (χ0n) is 14.3. The van der Waals surface area contributed by atoms with E-state index >= 15 is 0 Å². The number of carboxylic acids is 1. The number of alkyl halides is 3. The largest absolute Gasteiger partial charge is 0.490 e. The van der Waals surface area contributed by atoms with Gasteiger partial charge in [-0.25, -0.2) is 13.6 Å². The maximum atomic E-state index is 13.7. The summed E-state index contributed by atoms with van der Waals surface area (Å²) < 4.78 is 58.7. The molecule has 2 fully saturated rings. The molecule has 0 spiro atoms. The van der Waals surface area contributed by atoms with Gasteiger partial charge in [-0.2, -0.15) is 13.2 Å². The molecule has 0 saturated carbocycles. The second-order valence-electron chi connectivity index (χ2n) is 6.34. The lowest BCUT2D eigenvalue weighted by atomic mass is 10.1. The fraction of sp³-hybridized carbons (Fsp3) is 0.529.